The van der Waals surface area contributed by atoms with Gasteiger partial charge in [-0.25, -0.2) is 13.2 Å². The van der Waals surface area contributed by atoms with Gasteiger partial charge in [0.05, 0.1) is 30.5 Å². The third-order valence-corrected chi connectivity index (χ3v) is 7.11. The van der Waals surface area contributed by atoms with E-state index in [1.165, 1.54) is 31.6 Å². The maximum absolute atomic E-state index is 13.5. The number of nitrogens with zero attached hydrogens (tertiary/aromatic N) is 3. The van der Waals surface area contributed by atoms with Crippen molar-refractivity contribution in [2.75, 3.05) is 30.4 Å². The molecule has 0 fully saturated rings. The highest BCUT2D eigenvalue weighted by molar-refractivity contribution is 7.92. The first kappa shape index (κ1) is 31.0. The minimum Gasteiger partial charge on any atom is -0.497 e. The lowest BCUT2D eigenvalue weighted by Crippen LogP contribution is -2.20. The quantitative estimate of drug-likeness (QED) is 0.214. The summed E-state index contributed by atoms with van der Waals surface area (Å²) in [6, 6.07) is 15.5. The number of methoxy groups -OCH3 is 1. The third kappa shape index (κ3) is 8.30. The lowest BCUT2D eigenvalue weighted by atomic mass is 9.87. The summed E-state index contributed by atoms with van der Waals surface area (Å²) < 4.78 is 51.4. The van der Waals surface area contributed by atoms with Crippen molar-refractivity contribution in [3.8, 4) is 29.1 Å². The number of hydrogen-bond acceptors (Lipinski definition) is 11. The summed E-state index contributed by atoms with van der Waals surface area (Å²) in [4.78, 5) is 24.7. The fraction of sp³-hybridized carbons (Fsp3) is 0.241. The Bertz CT molecular complexity index is 1660. The van der Waals surface area contributed by atoms with Crippen molar-refractivity contribution >= 4 is 27.6 Å². The van der Waals surface area contributed by atoms with Gasteiger partial charge in [0.15, 0.2) is 5.82 Å². The van der Waals surface area contributed by atoms with E-state index in [0.717, 1.165) is 5.56 Å². The van der Waals surface area contributed by atoms with Crippen LogP contribution in [0.1, 0.15) is 26.3 Å². The maximum atomic E-state index is 13.5. The van der Waals surface area contributed by atoms with Crippen LogP contribution in [0.5, 0.6) is 29.1 Å². The van der Waals surface area contributed by atoms with Crippen LogP contribution in [0.4, 0.5) is 16.3 Å². The monoisotopic (exact) mass is 609 g/mol. The van der Waals surface area contributed by atoms with Gasteiger partial charge < -0.3 is 24.1 Å². The Labute approximate surface area is 248 Å². The van der Waals surface area contributed by atoms with Crippen molar-refractivity contribution in [2.45, 2.75) is 31.1 Å². The molecule has 4 aromatic rings. The van der Waals surface area contributed by atoms with Gasteiger partial charge >= 0.3 is 12.1 Å². The average Bonchev–Trinajstić information content (AvgIpc) is 2.97. The van der Waals surface area contributed by atoms with E-state index in [0.29, 0.717) is 11.4 Å². The number of aromatic nitrogens is 3. The maximum Gasteiger partial charge on any atom is 0.419 e. The number of carbonyl (C=O) groups excluding carboxylic acids is 1. The number of aliphatic hydroxyl groups excluding tert-OH is 1. The van der Waals surface area contributed by atoms with E-state index in [9.17, 15) is 18.3 Å². The third-order valence-electron chi connectivity index (χ3n) is 5.76. The molecule has 14 heteroatoms. The highest BCUT2D eigenvalue weighted by atomic mass is 32.2. The van der Waals surface area contributed by atoms with Crippen LogP contribution in [0.15, 0.2) is 78.0 Å². The zero-order valence-electron chi connectivity index (χ0n) is 23.9. The highest BCUT2D eigenvalue weighted by Gasteiger charge is 2.26. The molecule has 1 amide bonds. The normalized spacial score (nSPS) is 11.4. The van der Waals surface area contributed by atoms with Crippen LogP contribution in [0.3, 0.4) is 0 Å². The smallest absolute Gasteiger partial charge is 0.419 e. The predicted molar refractivity (Wildman–Crippen MR) is 158 cm³/mol. The molecule has 0 saturated carbocycles. The Balaban J connectivity index is 1.76. The molecule has 0 aliphatic carbocycles. The molecule has 0 spiro atoms. The Kier molecular flexibility index (Phi) is 9.63. The Morgan fingerprint density at radius 1 is 1.00 bits per heavy atom. The van der Waals surface area contributed by atoms with Crippen molar-refractivity contribution < 1.29 is 37.3 Å². The van der Waals surface area contributed by atoms with E-state index in [2.05, 4.69) is 25.0 Å². The van der Waals surface area contributed by atoms with Crippen molar-refractivity contribution in [2.24, 2.45) is 0 Å². The molecule has 2 aromatic carbocycles. The summed E-state index contributed by atoms with van der Waals surface area (Å²) in [5.41, 5.74) is 1.08. The van der Waals surface area contributed by atoms with Crippen molar-refractivity contribution in [3.63, 3.8) is 0 Å². The largest absolute Gasteiger partial charge is 0.497 e. The van der Waals surface area contributed by atoms with Crippen molar-refractivity contribution in [1.82, 2.24) is 15.0 Å². The topological polar surface area (TPSA) is 171 Å². The summed E-state index contributed by atoms with van der Waals surface area (Å²) in [5.74, 6) is -0.262. The second kappa shape index (κ2) is 13.4. The summed E-state index contributed by atoms with van der Waals surface area (Å²) in [6.07, 6.45) is 1.95. The Morgan fingerprint density at radius 3 is 2.40 bits per heavy atom. The standard InChI is InChI=1S/C29H31N5O8S/c1-29(2,3)19-10-12-23(13-11-19)43(37,38)34-25-24(41-22-9-5-8-21(17-22)39-4)26(40-16-15-35)33-27(32-25)42-28(36)31-20-7-6-14-30-18-20/h5-14,17-18,35H,15-16H2,1-4H3,(H,31,36)(H,32,33,34). The molecule has 0 aliphatic rings. The Hall–Kier alpha value is -4.95. The number of amides is 1. The van der Waals surface area contributed by atoms with Crippen LogP contribution in [0.2, 0.25) is 0 Å². The molecular formula is C29H31N5O8S. The van der Waals surface area contributed by atoms with E-state index in [1.807, 2.05) is 20.8 Å². The molecule has 4 rings (SSSR count). The number of hydrogen-bond donors (Lipinski definition) is 3. The summed E-state index contributed by atoms with van der Waals surface area (Å²) >= 11 is 0. The molecule has 0 radical (unpaired) electrons. The number of anilines is 2. The van der Waals surface area contributed by atoms with Gasteiger partial charge in [-0.15, -0.1) is 0 Å². The first-order chi connectivity index (χ1) is 20.5. The summed E-state index contributed by atoms with van der Waals surface area (Å²) in [6.45, 7) is 5.39. The molecule has 43 heavy (non-hydrogen) atoms. The number of benzene rings is 2. The number of sulfonamides is 1. The van der Waals surface area contributed by atoms with E-state index in [4.69, 9.17) is 18.9 Å². The number of aliphatic hydroxyl groups is 1. The minimum atomic E-state index is -4.25. The first-order valence-corrected chi connectivity index (χ1v) is 14.5. The van der Waals surface area contributed by atoms with Crippen molar-refractivity contribution in [1.29, 1.82) is 0 Å². The SMILES string of the molecule is COc1cccc(Oc2c(NS(=O)(=O)c3ccc(C(C)(C)C)cc3)nc(OC(=O)Nc3cccnc3)nc2OCCO)c1. The molecule has 2 aromatic heterocycles. The number of carbonyl (C=O) groups is 1. The molecule has 226 valence electrons. The lowest BCUT2D eigenvalue weighted by Gasteiger charge is -2.19. The molecule has 0 aliphatic heterocycles. The van der Waals surface area contributed by atoms with Crippen LogP contribution in [0.25, 0.3) is 0 Å². The number of ether oxygens (including phenoxy) is 4. The zero-order chi connectivity index (χ0) is 31.0. The molecule has 2 heterocycles. The van der Waals surface area contributed by atoms with Crippen LogP contribution < -0.4 is 29.0 Å². The number of rotatable bonds is 11. The molecule has 0 bridgehead atoms. The van der Waals surface area contributed by atoms with Crippen LogP contribution >= 0.6 is 0 Å². The van der Waals surface area contributed by atoms with Crippen LogP contribution in [0, 0.1) is 0 Å². The van der Waals surface area contributed by atoms with Gasteiger partial charge in [-0.05, 0) is 47.4 Å². The molecule has 0 atom stereocenters. The van der Waals surface area contributed by atoms with Gasteiger partial charge in [-0.1, -0.05) is 39.0 Å². The van der Waals surface area contributed by atoms with Crippen LogP contribution in [-0.4, -0.2) is 54.9 Å². The lowest BCUT2D eigenvalue weighted by molar-refractivity contribution is 0.188. The second-order valence-electron chi connectivity index (χ2n) is 9.98. The second-order valence-corrected chi connectivity index (χ2v) is 11.7. The fourth-order valence-corrected chi connectivity index (χ4v) is 4.63. The van der Waals surface area contributed by atoms with E-state index < -0.39 is 34.6 Å². The molecular weight excluding hydrogens is 578 g/mol. The minimum absolute atomic E-state index is 0.0546. The molecule has 13 nitrogen and oxygen atoms in total. The van der Waals surface area contributed by atoms with E-state index >= 15 is 0 Å². The summed E-state index contributed by atoms with van der Waals surface area (Å²) in [5, 5.41) is 11.9. The predicted octanol–water partition coefficient (Wildman–Crippen LogP) is 4.75. The number of pyridine rings is 1. The Morgan fingerprint density at radius 2 is 1.74 bits per heavy atom. The van der Waals surface area contributed by atoms with Gasteiger partial charge in [-0.3, -0.25) is 15.0 Å². The number of nitrogens with one attached hydrogen (secondary N) is 2. The summed E-state index contributed by atoms with van der Waals surface area (Å²) in [7, 11) is -2.77. The molecule has 3 N–H and O–H groups in total. The highest BCUT2D eigenvalue weighted by Crippen LogP contribution is 2.39. The van der Waals surface area contributed by atoms with Gasteiger partial charge in [0.1, 0.15) is 18.1 Å². The first-order valence-electron chi connectivity index (χ1n) is 13.0. The fourth-order valence-electron chi connectivity index (χ4n) is 3.62. The van der Waals surface area contributed by atoms with Gasteiger partial charge in [0.2, 0.25) is 5.75 Å². The zero-order valence-corrected chi connectivity index (χ0v) is 24.7. The molecule has 0 saturated heterocycles. The van der Waals surface area contributed by atoms with Gasteiger partial charge in [0, 0.05) is 12.3 Å². The average molecular weight is 610 g/mol. The van der Waals surface area contributed by atoms with Gasteiger partial charge in [-0.2, -0.15) is 9.97 Å². The van der Waals surface area contributed by atoms with Crippen LogP contribution in [-0.2, 0) is 15.4 Å². The van der Waals surface area contributed by atoms with Gasteiger partial charge in [0.25, 0.3) is 15.9 Å². The molecule has 0 unspecified atom stereocenters. The van der Waals surface area contributed by atoms with E-state index in [1.54, 1.807) is 48.5 Å². The van der Waals surface area contributed by atoms with E-state index in [-0.39, 0.29) is 34.3 Å². The van der Waals surface area contributed by atoms with Crippen molar-refractivity contribution in [3.05, 3.63) is 78.6 Å².